The zero-order chi connectivity index (χ0) is 17.6. The number of carbonyl (C=O) groups excluding carboxylic acids is 1. The van der Waals surface area contributed by atoms with Gasteiger partial charge in [0.2, 0.25) is 5.91 Å². The number of rotatable bonds is 5. The average Bonchev–Trinajstić information content (AvgIpc) is 2.68. The van der Waals surface area contributed by atoms with E-state index in [9.17, 15) is 9.90 Å². The molecule has 1 atom stereocenters. The van der Waals surface area contributed by atoms with E-state index < -0.39 is 6.10 Å². The smallest absolute Gasteiger partial charge is 0.225 e. The summed E-state index contributed by atoms with van der Waals surface area (Å²) in [5, 5.41) is 10.2. The molecule has 0 saturated carbocycles. The molecule has 0 aliphatic carbocycles. The van der Waals surface area contributed by atoms with Crippen LogP contribution in [0.25, 0.3) is 0 Å². The third-order valence-electron chi connectivity index (χ3n) is 4.61. The van der Waals surface area contributed by atoms with Gasteiger partial charge in [-0.3, -0.25) is 4.79 Å². The van der Waals surface area contributed by atoms with Gasteiger partial charge in [-0.15, -0.1) is 0 Å². The minimum Gasteiger partial charge on any atom is -0.495 e. The highest BCUT2D eigenvalue weighted by Crippen LogP contribution is 2.28. The van der Waals surface area contributed by atoms with Gasteiger partial charge in [-0.1, -0.05) is 42.5 Å². The van der Waals surface area contributed by atoms with Crippen molar-refractivity contribution in [2.75, 3.05) is 38.2 Å². The summed E-state index contributed by atoms with van der Waals surface area (Å²) in [5.41, 5.74) is 1.84. The Morgan fingerprint density at radius 1 is 1.04 bits per heavy atom. The monoisotopic (exact) mass is 340 g/mol. The maximum atomic E-state index is 12.5. The molecule has 1 heterocycles. The number of aliphatic hydroxyl groups excluding tert-OH is 1. The molecule has 1 amide bonds. The SMILES string of the molecule is COc1ccccc1N1CCN(C(=O)CC(O)c2ccccc2)CC1. The number of nitrogens with zero attached hydrogens (tertiary/aromatic N) is 2. The molecule has 5 nitrogen and oxygen atoms in total. The fourth-order valence-corrected chi connectivity index (χ4v) is 3.18. The largest absolute Gasteiger partial charge is 0.495 e. The van der Waals surface area contributed by atoms with Gasteiger partial charge in [-0.2, -0.15) is 0 Å². The number of benzene rings is 2. The Hall–Kier alpha value is -2.53. The Morgan fingerprint density at radius 2 is 1.68 bits per heavy atom. The van der Waals surface area contributed by atoms with Crippen LogP contribution in [-0.2, 0) is 4.79 Å². The first-order valence-electron chi connectivity index (χ1n) is 8.58. The fourth-order valence-electron chi connectivity index (χ4n) is 3.18. The first kappa shape index (κ1) is 17.3. The minimum atomic E-state index is -0.749. The predicted molar refractivity (Wildman–Crippen MR) is 97.8 cm³/mol. The van der Waals surface area contributed by atoms with E-state index in [0.29, 0.717) is 13.1 Å². The van der Waals surface area contributed by atoms with E-state index in [4.69, 9.17) is 4.74 Å². The van der Waals surface area contributed by atoms with Gasteiger partial charge in [-0.05, 0) is 17.7 Å². The van der Waals surface area contributed by atoms with Gasteiger partial charge in [0.05, 0.1) is 25.3 Å². The molecule has 25 heavy (non-hydrogen) atoms. The van der Waals surface area contributed by atoms with Crippen LogP contribution in [0, 0.1) is 0 Å². The Kier molecular flexibility index (Phi) is 5.56. The summed E-state index contributed by atoms with van der Waals surface area (Å²) >= 11 is 0. The average molecular weight is 340 g/mol. The Morgan fingerprint density at radius 3 is 2.36 bits per heavy atom. The lowest BCUT2D eigenvalue weighted by molar-refractivity contribution is -0.133. The second-order valence-electron chi connectivity index (χ2n) is 6.17. The molecule has 1 aliphatic heterocycles. The number of methoxy groups -OCH3 is 1. The van der Waals surface area contributed by atoms with E-state index in [2.05, 4.69) is 4.90 Å². The zero-order valence-corrected chi connectivity index (χ0v) is 14.5. The molecule has 2 aromatic rings. The second-order valence-corrected chi connectivity index (χ2v) is 6.17. The third-order valence-corrected chi connectivity index (χ3v) is 4.61. The summed E-state index contributed by atoms with van der Waals surface area (Å²) in [4.78, 5) is 16.5. The summed E-state index contributed by atoms with van der Waals surface area (Å²) in [7, 11) is 1.67. The quantitative estimate of drug-likeness (QED) is 0.908. The van der Waals surface area contributed by atoms with Crippen LogP contribution in [0.4, 0.5) is 5.69 Å². The number of hydrogen-bond acceptors (Lipinski definition) is 4. The normalized spacial score (nSPS) is 15.8. The fraction of sp³-hybridized carbons (Fsp3) is 0.350. The molecule has 132 valence electrons. The van der Waals surface area contributed by atoms with Gasteiger partial charge < -0.3 is 19.6 Å². The lowest BCUT2D eigenvalue weighted by atomic mass is 10.1. The lowest BCUT2D eigenvalue weighted by Gasteiger charge is -2.37. The van der Waals surface area contributed by atoms with Gasteiger partial charge in [0.1, 0.15) is 5.75 Å². The molecule has 5 heteroatoms. The van der Waals surface area contributed by atoms with Crippen LogP contribution >= 0.6 is 0 Å². The highest BCUT2D eigenvalue weighted by atomic mass is 16.5. The first-order chi connectivity index (χ1) is 12.2. The number of anilines is 1. The van der Waals surface area contributed by atoms with Crippen LogP contribution in [0.15, 0.2) is 54.6 Å². The minimum absolute atomic E-state index is 0.00368. The van der Waals surface area contributed by atoms with Gasteiger partial charge >= 0.3 is 0 Å². The number of para-hydroxylation sites is 2. The van der Waals surface area contributed by atoms with E-state index in [1.54, 1.807) is 7.11 Å². The highest BCUT2D eigenvalue weighted by Gasteiger charge is 2.24. The molecule has 3 rings (SSSR count). The number of piperazine rings is 1. The Bertz CT molecular complexity index is 697. The number of amides is 1. The van der Waals surface area contributed by atoms with Crippen LogP contribution in [0.1, 0.15) is 18.1 Å². The summed E-state index contributed by atoms with van der Waals surface area (Å²) in [6, 6.07) is 17.3. The summed E-state index contributed by atoms with van der Waals surface area (Å²) in [6.07, 6.45) is -0.625. The van der Waals surface area contributed by atoms with Crippen molar-refractivity contribution < 1.29 is 14.6 Å². The molecule has 1 fully saturated rings. The number of aliphatic hydroxyl groups is 1. The van der Waals surface area contributed by atoms with Gasteiger partial charge in [0.25, 0.3) is 0 Å². The van der Waals surface area contributed by atoms with Crippen LogP contribution in [-0.4, -0.2) is 49.2 Å². The van der Waals surface area contributed by atoms with E-state index in [1.165, 1.54) is 0 Å². The van der Waals surface area contributed by atoms with Crippen LogP contribution in [0.3, 0.4) is 0 Å². The molecule has 0 bridgehead atoms. The Labute approximate surface area is 148 Å². The molecule has 0 spiro atoms. The van der Waals surface area contributed by atoms with E-state index in [0.717, 1.165) is 30.1 Å². The van der Waals surface area contributed by atoms with Crippen molar-refractivity contribution in [1.29, 1.82) is 0 Å². The second kappa shape index (κ2) is 8.03. The first-order valence-corrected chi connectivity index (χ1v) is 8.58. The van der Waals surface area contributed by atoms with Crippen LogP contribution in [0.5, 0.6) is 5.75 Å². The summed E-state index contributed by atoms with van der Waals surface area (Å²) < 4.78 is 5.42. The Balaban J connectivity index is 1.56. The molecule has 0 radical (unpaired) electrons. The van der Waals surface area contributed by atoms with Crippen molar-refractivity contribution in [1.82, 2.24) is 4.90 Å². The topological polar surface area (TPSA) is 53.0 Å². The number of carbonyl (C=O) groups is 1. The molecule has 1 aliphatic rings. The van der Waals surface area contributed by atoms with Gasteiger partial charge in [0.15, 0.2) is 0 Å². The zero-order valence-electron chi connectivity index (χ0n) is 14.5. The molecular weight excluding hydrogens is 316 g/mol. The lowest BCUT2D eigenvalue weighted by Crippen LogP contribution is -2.49. The summed E-state index contributed by atoms with van der Waals surface area (Å²) in [6.45, 7) is 2.82. The van der Waals surface area contributed by atoms with Crippen molar-refractivity contribution in [2.45, 2.75) is 12.5 Å². The van der Waals surface area contributed by atoms with E-state index in [1.807, 2.05) is 59.5 Å². The molecule has 2 aromatic carbocycles. The van der Waals surface area contributed by atoms with E-state index in [-0.39, 0.29) is 12.3 Å². The van der Waals surface area contributed by atoms with Gasteiger partial charge in [-0.25, -0.2) is 0 Å². The molecule has 0 aromatic heterocycles. The van der Waals surface area contributed by atoms with Crippen LogP contribution < -0.4 is 9.64 Å². The van der Waals surface area contributed by atoms with Crippen molar-refractivity contribution in [2.24, 2.45) is 0 Å². The predicted octanol–water partition coefficient (Wildman–Crippen LogP) is 2.47. The van der Waals surface area contributed by atoms with Gasteiger partial charge in [0, 0.05) is 26.2 Å². The molecular formula is C20H24N2O3. The van der Waals surface area contributed by atoms with Crippen molar-refractivity contribution >= 4 is 11.6 Å². The standard InChI is InChI=1S/C20H24N2O3/c1-25-19-10-6-5-9-17(19)21-11-13-22(14-12-21)20(24)15-18(23)16-7-3-2-4-8-16/h2-10,18,23H,11-15H2,1H3. The number of hydrogen-bond donors (Lipinski definition) is 1. The third kappa shape index (κ3) is 4.12. The maximum absolute atomic E-state index is 12.5. The maximum Gasteiger partial charge on any atom is 0.225 e. The molecule has 1 saturated heterocycles. The molecule has 1 N–H and O–H groups in total. The highest BCUT2D eigenvalue weighted by molar-refractivity contribution is 5.77. The van der Waals surface area contributed by atoms with Crippen LogP contribution in [0.2, 0.25) is 0 Å². The van der Waals surface area contributed by atoms with E-state index >= 15 is 0 Å². The van der Waals surface area contributed by atoms with Crippen molar-refractivity contribution in [3.63, 3.8) is 0 Å². The van der Waals surface area contributed by atoms with Crippen molar-refractivity contribution in [3.8, 4) is 5.75 Å². The summed E-state index contributed by atoms with van der Waals surface area (Å²) in [5.74, 6) is 0.845. The number of ether oxygens (including phenoxy) is 1. The molecule has 1 unspecified atom stereocenters. The van der Waals surface area contributed by atoms with Crippen molar-refractivity contribution in [3.05, 3.63) is 60.2 Å².